The largest absolute Gasteiger partial charge is 0.381 e. The number of hydrogen-bond acceptors (Lipinski definition) is 5. The van der Waals surface area contributed by atoms with Crippen LogP contribution in [-0.4, -0.2) is 34.6 Å². The summed E-state index contributed by atoms with van der Waals surface area (Å²) in [5.41, 5.74) is -0.965. The van der Waals surface area contributed by atoms with Crippen LogP contribution >= 0.6 is 11.6 Å². The van der Waals surface area contributed by atoms with Crippen molar-refractivity contribution in [3.63, 3.8) is 0 Å². The van der Waals surface area contributed by atoms with Gasteiger partial charge in [-0.05, 0) is 30.5 Å². The number of rotatable bonds is 5. The second kappa shape index (κ2) is 5.14. The molecule has 1 saturated carbocycles. The number of aliphatic hydroxyl groups is 1. The van der Waals surface area contributed by atoms with Crippen molar-refractivity contribution in [1.29, 1.82) is 0 Å². The van der Waals surface area contributed by atoms with Gasteiger partial charge in [0.2, 0.25) is 0 Å². The summed E-state index contributed by atoms with van der Waals surface area (Å²) in [6.45, 7) is 0.272. The lowest BCUT2D eigenvalue weighted by atomic mass is 9.83. The third kappa shape index (κ3) is 2.24. The fourth-order valence-corrected chi connectivity index (χ4v) is 3.29. The Hall–Kier alpha value is -2.25. The van der Waals surface area contributed by atoms with E-state index >= 15 is 0 Å². The molecule has 118 valence electrons. The minimum absolute atomic E-state index is 0.272. The molecular formula is C15H15ClN6O. The van der Waals surface area contributed by atoms with Gasteiger partial charge in [-0.3, -0.25) is 0 Å². The van der Waals surface area contributed by atoms with Crippen LogP contribution in [0.5, 0.6) is 0 Å². The van der Waals surface area contributed by atoms with E-state index in [1.54, 1.807) is 34.2 Å². The topological polar surface area (TPSA) is 81.6 Å². The number of benzene rings is 1. The minimum atomic E-state index is -1.20. The zero-order valence-corrected chi connectivity index (χ0v) is 13.0. The second-order valence-electron chi connectivity index (χ2n) is 5.83. The van der Waals surface area contributed by atoms with Gasteiger partial charge in [0, 0.05) is 5.02 Å². The molecular weight excluding hydrogens is 316 g/mol. The Morgan fingerprint density at radius 1 is 1.09 bits per heavy atom. The van der Waals surface area contributed by atoms with Gasteiger partial charge < -0.3 is 5.11 Å². The molecule has 2 aromatic heterocycles. The smallest absolute Gasteiger partial charge is 0.137 e. The monoisotopic (exact) mass is 330 g/mol. The fraction of sp³-hybridized carbons (Fsp3) is 0.333. The number of nitrogens with zero attached hydrogens (tertiary/aromatic N) is 6. The van der Waals surface area contributed by atoms with Gasteiger partial charge >= 0.3 is 0 Å². The van der Waals surface area contributed by atoms with E-state index in [2.05, 4.69) is 20.2 Å². The second-order valence-corrected chi connectivity index (χ2v) is 6.27. The molecule has 1 aliphatic carbocycles. The van der Waals surface area contributed by atoms with Crippen LogP contribution in [0.25, 0.3) is 0 Å². The average Bonchev–Trinajstić information content (AvgIpc) is 2.98. The van der Waals surface area contributed by atoms with E-state index in [-0.39, 0.29) is 6.54 Å². The highest BCUT2D eigenvalue weighted by Gasteiger charge is 2.62. The van der Waals surface area contributed by atoms with Crippen LogP contribution in [0.15, 0.2) is 49.6 Å². The van der Waals surface area contributed by atoms with Crippen LogP contribution in [0.4, 0.5) is 0 Å². The van der Waals surface area contributed by atoms with Gasteiger partial charge in [-0.2, -0.15) is 10.2 Å². The number of aromatic nitrogens is 6. The zero-order chi connectivity index (χ0) is 15.9. The minimum Gasteiger partial charge on any atom is -0.381 e. The van der Waals surface area contributed by atoms with Crippen LogP contribution in [0.1, 0.15) is 18.4 Å². The average molecular weight is 331 g/mol. The molecule has 1 N–H and O–H groups in total. The van der Waals surface area contributed by atoms with Gasteiger partial charge in [-0.25, -0.2) is 19.3 Å². The molecule has 1 unspecified atom stereocenters. The van der Waals surface area contributed by atoms with E-state index in [0.29, 0.717) is 5.02 Å². The van der Waals surface area contributed by atoms with E-state index in [1.165, 1.54) is 12.7 Å². The molecule has 1 aliphatic rings. The first kappa shape index (κ1) is 14.3. The van der Waals surface area contributed by atoms with Crippen molar-refractivity contribution in [2.24, 2.45) is 0 Å². The van der Waals surface area contributed by atoms with Gasteiger partial charge in [-0.1, -0.05) is 23.7 Å². The third-order valence-corrected chi connectivity index (χ3v) is 4.78. The van der Waals surface area contributed by atoms with Crippen LogP contribution in [0, 0.1) is 0 Å². The molecule has 0 bridgehead atoms. The highest BCUT2D eigenvalue weighted by atomic mass is 35.5. The first-order valence-electron chi connectivity index (χ1n) is 7.30. The van der Waals surface area contributed by atoms with Crippen LogP contribution in [0.2, 0.25) is 5.02 Å². The standard InChI is InChI=1S/C15H15ClN6O/c16-13-3-1-12(2-4-13)15(23,7-21-10-17-8-19-21)14(5-6-14)22-11-18-9-20-22/h1-4,8-11,23H,5-7H2. The summed E-state index contributed by atoms with van der Waals surface area (Å²) >= 11 is 6.00. The lowest BCUT2D eigenvalue weighted by molar-refractivity contribution is -0.0551. The van der Waals surface area contributed by atoms with Crippen molar-refractivity contribution < 1.29 is 5.11 Å². The fourth-order valence-electron chi connectivity index (χ4n) is 3.16. The molecule has 3 aromatic rings. The number of halogens is 1. The van der Waals surface area contributed by atoms with Crippen LogP contribution < -0.4 is 0 Å². The predicted molar refractivity (Wildman–Crippen MR) is 82.6 cm³/mol. The number of hydrogen-bond donors (Lipinski definition) is 1. The Bertz CT molecular complexity index is 782. The van der Waals surface area contributed by atoms with E-state index < -0.39 is 11.1 Å². The van der Waals surface area contributed by atoms with E-state index in [0.717, 1.165) is 18.4 Å². The van der Waals surface area contributed by atoms with Gasteiger partial charge in [0.1, 0.15) is 30.9 Å². The molecule has 1 aromatic carbocycles. The lowest BCUT2D eigenvalue weighted by Gasteiger charge is -2.37. The van der Waals surface area contributed by atoms with E-state index in [4.69, 9.17) is 11.6 Å². The Kier molecular flexibility index (Phi) is 3.21. The molecule has 2 heterocycles. The van der Waals surface area contributed by atoms with E-state index in [9.17, 15) is 5.11 Å². The Morgan fingerprint density at radius 3 is 2.35 bits per heavy atom. The molecule has 8 heteroatoms. The molecule has 7 nitrogen and oxygen atoms in total. The maximum absolute atomic E-state index is 11.7. The van der Waals surface area contributed by atoms with Crippen molar-refractivity contribution in [2.75, 3.05) is 0 Å². The van der Waals surface area contributed by atoms with Crippen molar-refractivity contribution in [3.8, 4) is 0 Å². The molecule has 0 spiro atoms. The van der Waals surface area contributed by atoms with Crippen molar-refractivity contribution in [1.82, 2.24) is 29.5 Å². The third-order valence-electron chi connectivity index (χ3n) is 4.53. The lowest BCUT2D eigenvalue weighted by Crippen LogP contribution is -2.47. The van der Waals surface area contributed by atoms with Gasteiger partial charge in [0.25, 0.3) is 0 Å². The summed E-state index contributed by atoms with van der Waals surface area (Å²) in [4.78, 5) is 8.00. The summed E-state index contributed by atoms with van der Waals surface area (Å²) in [6.07, 6.45) is 7.80. The predicted octanol–water partition coefficient (Wildman–Crippen LogP) is 1.60. The van der Waals surface area contributed by atoms with Gasteiger partial charge in [0.05, 0.1) is 12.1 Å². The first-order chi connectivity index (χ1) is 11.1. The Balaban J connectivity index is 1.82. The SMILES string of the molecule is OC(Cn1cncn1)(c1ccc(Cl)cc1)C1(n2cncn2)CC1. The van der Waals surface area contributed by atoms with Crippen molar-refractivity contribution in [3.05, 3.63) is 60.2 Å². The highest BCUT2D eigenvalue weighted by Crippen LogP contribution is 2.56. The summed E-state index contributed by atoms with van der Waals surface area (Å²) < 4.78 is 3.38. The summed E-state index contributed by atoms with van der Waals surface area (Å²) in [7, 11) is 0. The quantitative estimate of drug-likeness (QED) is 0.768. The van der Waals surface area contributed by atoms with Crippen molar-refractivity contribution >= 4 is 11.6 Å². The first-order valence-corrected chi connectivity index (χ1v) is 7.68. The molecule has 0 aliphatic heterocycles. The Morgan fingerprint density at radius 2 is 1.78 bits per heavy atom. The normalized spacial score (nSPS) is 18.5. The molecule has 4 rings (SSSR count). The Labute approximate surface area is 137 Å². The molecule has 1 atom stereocenters. The molecule has 0 radical (unpaired) electrons. The summed E-state index contributed by atoms with van der Waals surface area (Å²) in [5.74, 6) is 0. The summed E-state index contributed by atoms with van der Waals surface area (Å²) in [6, 6.07) is 7.24. The van der Waals surface area contributed by atoms with E-state index in [1.807, 2.05) is 12.1 Å². The zero-order valence-electron chi connectivity index (χ0n) is 12.2. The molecule has 1 fully saturated rings. The van der Waals surface area contributed by atoms with Gasteiger partial charge in [0.15, 0.2) is 0 Å². The highest BCUT2D eigenvalue weighted by molar-refractivity contribution is 6.30. The van der Waals surface area contributed by atoms with Crippen molar-refractivity contribution in [2.45, 2.75) is 30.5 Å². The molecule has 0 amide bonds. The maximum Gasteiger partial charge on any atom is 0.137 e. The summed E-state index contributed by atoms with van der Waals surface area (Å²) in [5, 5.41) is 20.7. The molecule has 0 saturated heterocycles. The van der Waals surface area contributed by atoms with Crippen LogP contribution in [-0.2, 0) is 17.7 Å². The maximum atomic E-state index is 11.7. The van der Waals surface area contributed by atoms with Crippen LogP contribution in [0.3, 0.4) is 0 Å². The molecule has 23 heavy (non-hydrogen) atoms. The van der Waals surface area contributed by atoms with Gasteiger partial charge in [-0.15, -0.1) is 0 Å².